The number of rotatable bonds is 6. The van der Waals surface area contributed by atoms with Gasteiger partial charge >= 0.3 is 6.01 Å². The fraction of sp³-hybridized carbons (Fsp3) is 0.375. The van der Waals surface area contributed by atoms with Gasteiger partial charge in [-0.3, -0.25) is 23.5 Å². The molecule has 3 aromatic rings. The van der Waals surface area contributed by atoms with Crippen molar-refractivity contribution in [2.24, 2.45) is 12.8 Å². The topological polar surface area (TPSA) is 125 Å². The van der Waals surface area contributed by atoms with Gasteiger partial charge in [-0.2, -0.15) is 9.97 Å². The van der Waals surface area contributed by atoms with Crippen LogP contribution in [0.25, 0.3) is 11.2 Å². The Hall–Kier alpha value is -4.13. The minimum Gasteiger partial charge on any atom is -0.425 e. The number of hydrogen-bond donors (Lipinski definition) is 1. The minimum atomic E-state index is -0.765. The first-order chi connectivity index (χ1) is 16.3. The van der Waals surface area contributed by atoms with Crippen molar-refractivity contribution < 1.29 is 14.3 Å². The largest absolute Gasteiger partial charge is 0.425 e. The van der Waals surface area contributed by atoms with Gasteiger partial charge in [0.15, 0.2) is 16.9 Å². The Bertz CT molecular complexity index is 1400. The van der Waals surface area contributed by atoms with E-state index < -0.39 is 5.91 Å². The van der Waals surface area contributed by atoms with Gasteiger partial charge in [0.2, 0.25) is 5.95 Å². The molecule has 10 heteroatoms. The summed E-state index contributed by atoms with van der Waals surface area (Å²) in [5.74, 6) is 5.65. The maximum absolute atomic E-state index is 13.4. The molecule has 0 unspecified atom stereocenters. The zero-order chi connectivity index (χ0) is 24.4. The van der Waals surface area contributed by atoms with E-state index >= 15 is 0 Å². The molecule has 3 heterocycles. The number of primary amides is 1. The lowest BCUT2D eigenvalue weighted by molar-refractivity contribution is 0.0997. The molecule has 1 amide bonds. The van der Waals surface area contributed by atoms with Crippen LogP contribution in [-0.4, -0.2) is 43.9 Å². The maximum Gasteiger partial charge on any atom is 0.306 e. The van der Waals surface area contributed by atoms with E-state index in [-0.39, 0.29) is 34.3 Å². The van der Waals surface area contributed by atoms with Crippen LogP contribution in [0.3, 0.4) is 0 Å². The van der Waals surface area contributed by atoms with Crippen molar-refractivity contribution in [3.8, 4) is 23.6 Å². The summed E-state index contributed by atoms with van der Waals surface area (Å²) in [6.45, 7) is 5.14. The van der Waals surface area contributed by atoms with E-state index in [2.05, 4.69) is 26.7 Å². The van der Waals surface area contributed by atoms with Gasteiger partial charge < -0.3 is 15.4 Å². The number of nitrogens with two attached hydrogens (primary N) is 1. The molecule has 176 valence electrons. The second kappa shape index (κ2) is 9.39. The van der Waals surface area contributed by atoms with Gasteiger partial charge in [-0.05, 0) is 51.3 Å². The van der Waals surface area contributed by atoms with E-state index in [1.54, 1.807) is 11.5 Å². The van der Waals surface area contributed by atoms with Crippen molar-refractivity contribution in [3.63, 3.8) is 0 Å². The van der Waals surface area contributed by atoms with E-state index in [9.17, 15) is 14.4 Å². The van der Waals surface area contributed by atoms with Crippen molar-refractivity contribution in [1.82, 2.24) is 19.1 Å². The minimum absolute atomic E-state index is 0.0137. The number of nitrogens with zero attached hydrogens (tertiary/aromatic N) is 5. The van der Waals surface area contributed by atoms with E-state index in [1.807, 2.05) is 0 Å². The Kier molecular flexibility index (Phi) is 6.36. The maximum atomic E-state index is 13.4. The predicted molar refractivity (Wildman–Crippen MR) is 127 cm³/mol. The number of imidazole rings is 1. The van der Waals surface area contributed by atoms with E-state index in [0.717, 1.165) is 32.4 Å². The Balaban J connectivity index is 1.84. The number of anilines is 1. The summed E-state index contributed by atoms with van der Waals surface area (Å²) in [6, 6.07) is 4.30. The van der Waals surface area contributed by atoms with Gasteiger partial charge in [0.1, 0.15) is 5.75 Å². The van der Waals surface area contributed by atoms with Gasteiger partial charge in [0, 0.05) is 25.7 Å². The lowest BCUT2D eigenvalue weighted by atomic mass is 10.1. The van der Waals surface area contributed by atoms with Crippen LogP contribution in [0.4, 0.5) is 5.95 Å². The van der Waals surface area contributed by atoms with Crippen molar-refractivity contribution >= 4 is 28.8 Å². The third kappa shape index (κ3) is 4.24. The summed E-state index contributed by atoms with van der Waals surface area (Å²) in [5.41, 5.74) is 6.04. The quantitative estimate of drug-likeness (QED) is 0.440. The van der Waals surface area contributed by atoms with Gasteiger partial charge in [0.05, 0.1) is 12.1 Å². The number of fused-ring (bicyclic) bond motifs is 1. The highest BCUT2D eigenvalue weighted by molar-refractivity contribution is 6.00. The molecule has 2 aromatic heterocycles. The standard InChI is InChI=1S/C24H26N6O4/c1-4-5-13-30-19-21(26-23(30)29-11-7-6-8-12-29)27-24(28(3)22(19)33)34-18-10-9-16(15(2)31)14-17(18)20(25)32/h9-10,14H,6-8,11-13H2,1-3H3,(H2,25,32). The first-order valence-electron chi connectivity index (χ1n) is 11.1. The Labute approximate surface area is 196 Å². The first kappa shape index (κ1) is 23.0. The van der Waals surface area contributed by atoms with Crippen LogP contribution >= 0.6 is 0 Å². The molecule has 2 N–H and O–H groups in total. The lowest BCUT2D eigenvalue weighted by Gasteiger charge is -2.27. The first-order valence-corrected chi connectivity index (χ1v) is 11.1. The van der Waals surface area contributed by atoms with Gasteiger partial charge in [-0.15, -0.1) is 5.92 Å². The molecule has 1 aromatic carbocycles. The summed E-state index contributed by atoms with van der Waals surface area (Å²) >= 11 is 0. The van der Waals surface area contributed by atoms with Crippen LogP contribution < -0.4 is 20.9 Å². The SMILES string of the molecule is CC#CCn1c(N2CCCCC2)nc2nc(Oc3ccc(C(C)=O)cc3C(N)=O)n(C)c(=O)c21. The van der Waals surface area contributed by atoms with E-state index in [4.69, 9.17) is 10.5 Å². The zero-order valence-electron chi connectivity index (χ0n) is 19.4. The number of carbonyl (C=O) groups excluding carboxylic acids is 2. The van der Waals surface area contributed by atoms with Crippen molar-refractivity contribution in [1.29, 1.82) is 0 Å². The summed E-state index contributed by atoms with van der Waals surface area (Å²) in [6.07, 6.45) is 3.26. The molecule has 1 aliphatic rings. The highest BCUT2D eigenvalue weighted by Gasteiger charge is 2.24. The fourth-order valence-electron chi connectivity index (χ4n) is 3.99. The predicted octanol–water partition coefficient (Wildman–Crippen LogP) is 2.24. The Morgan fingerprint density at radius 2 is 1.91 bits per heavy atom. The monoisotopic (exact) mass is 462 g/mol. The van der Waals surface area contributed by atoms with Crippen molar-refractivity contribution in [2.45, 2.75) is 39.7 Å². The van der Waals surface area contributed by atoms with Gasteiger partial charge in [0.25, 0.3) is 11.5 Å². The molecule has 1 fully saturated rings. The molecule has 0 saturated carbocycles. The summed E-state index contributed by atoms with van der Waals surface area (Å²) in [7, 11) is 1.53. The molecule has 0 radical (unpaired) electrons. The number of aromatic nitrogens is 4. The Morgan fingerprint density at radius 3 is 2.56 bits per heavy atom. The number of ketones is 1. The number of amides is 1. The molecule has 0 atom stereocenters. The van der Waals surface area contributed by atoms with Crippen LogP contribution in [0.15, 0.2) is 23.0 Å². The van der Waals surface area contributed by atoms with Crippen molar-refractivity contribution in [3.05, 3.63) is 39.7 Å². The van der Waals surface area contributed by atoms with E-state index in [0.29, 0.717) is 23.6 Å². The second-order valence-electron chi connectivity index (χ2n) is 8.14. The molecular formula is C24H26N6O4. The average Bonchev–Trinajstić information content (AvgIpc) is 3.19. The number of hydrogen-bond acceptors (Lipinski definition) is 7. The number of piperidine rings is 1. The van der Waals surface area contributed by atoms with Crippen LogP contribution in [0, 0.1) is 11.8 Å². The molecule has 0 bridgehead atoms. The second-order valence-corrected chi connectivity index (χ2v) is 8.14. The molecule has 10 nitrogen and oxygen atoms in total. The molecule has 34 heavy (non-hydrogen) atoms. The van der Waals surface area contributed by atoms with Crippen LogP contribution in [0.5, 0.6) is 11.8 Å². The van der Waals surface area contributed by atoms with Crippen LogP contribution in [-0.2, 0) is 13.6 Å². The number of carbonyl (C=O) groups is 2. The Morgan fingerprint density at radius 1 is 1.18 bits per heavy atom. The summed E-state index contributed by atoms with van der Waals surface area (Å²) in [5, 5.41) is 0. The third-order valence-corrected chi connectivity index (χ3v) is 5.83. The lowest BCUT2D eigenvalue weighted by Crippen LogP contribution is -2.32. The third-order valence-electron chi connectivity index (χ3n) is 5.83. The number of ether oxygens (including phenoxy) is 1. The van der Waals surface area contributed by atoms with Gasteiger partial charge in [-0.25, -0.2) is 0 Å². The zero-order valence-corrected chi connectivity index (χ0v) is 19.4. The molecule has 1 saturated heterocycles. The molecule has 1 aliphatic heterocycles. The smallest absolute Gasteiger partial charge is 0.306 e. The summed E-state index contributed by atoms with van der Waals surface area (Å²) < 4.78 is 8.90. The van der Waals surface area contributed by atoms with Gasteiger partial charge in [-0.1, -0.05) is 5.92 Å². The van der Waals surface area contributed by atoms with Crippen LogP contribution in [0.2, 0.25) is 0 Å². The number of Topliss-reactive ketones (excluding diaryl/α,β-unsaturated/α-hetero) is 1. The highest BCUT2D eigenvalue weighted by Crippen LogP contribution is 2.27. The fourth-order valence-corrected chi connectivity index (χ4v) is 3.99. The highest BCUT2D eigenvalue weighted by atomic mass is 16.5. The van der Waals surface area contributed by atoms with E-state index in [1.165, 1.54) is 36.7 Å². The normalized spacial score (nSPS) is 13.4. The number of benzene rings is 1. The molecule has 4 rings (SSSR count). The molecular weight excluding hydrogens is 436 g/mol. The average molecular weight is 463 g/mol. The summed E-state index contributed by atoms with van der Waals surface area (Å²) in [4.78, 5) is 48.3. The van der Waals surface area contributed by atoms with Crippen molar-refractivity contribution in [2.75, 3.05) is 18.0 Å². The van der Waals surface area contributed by atoms with Crippen LogP contribution in [0.1, 0.15) is 53.8 Å². The molecule has 0 aliphatic carbocycles. The molecule has 0 spiro atoms.